The number of aromatic amines is 1. The van der Waals surface area contributed by atoms with Gasteiger partial charge in [0.1, 0.15) is 17.2 Å². The molecule has 1 heterocycles. The third-order valence-corrected chi connectivity index (χ3v) is 6.24. The lowest BCUT2D eigenvalue weighted by Crippen LogP contribution is -2.61. The molecule has 36 heavy (non-hydrogen) atoms. The molecule has 3 rings (SSSR count). The smallest absolute Gasteiger partial charge is 0.408 e. The van der Waals surface area contributed by atoms with Crippen LogP contribution in [-0.4, -0.2) is 34.2 Å². The predicted octanol–water partition coefficient (Wildman–Crippen LogP) is 4.27. The van der Waals surface area contributed by atoms with Crippen molar-refractivity contribution < 1.29 is 18.7 Å². The van der Waals surface area contributed by atoms with E-state index in [9.17, 15) is 24.0 Å². The molecule has 0 unspecified atom stereocenters. The number of nitrogens with zero attached hydrogens (tertiary/aromatic N) is 1. The zero-order valence-corrected chi connectivity index (χ0v) is 21.2. The summed E-state index contributed by atoms with van der Waals surface area (Å²) in [4.78, 5) is 39.7. The fourth-order valence-electron chi connectivity index (χ4n) is 4.44. The van der Waals surface area contributed by atoms with Crippen molar-refractivity contribution in [3.8, 4) is 17.2 Å². The fraction of sp³-hybridized carbons (Fsp3) is 0.481. The summed E-state index contributed by atoms with van der Waals surface area (Å²) in [5, 5.41) is 15.3. The Balaban J connectivity index is 1.71. The van der Waals surface area contributed by atoms with Gasteiger partial charge in [-0.05, 0) is 57.7 Å². The van der Waals surface area contributed by atoms with Gasteiger partial charge in [0.15, 0.2) is 5.82 Å². The van der Waals surface area contributed by atoms with Crippen molar-refractivity contribution in [1.82, 2.24) is 15.6 Å². The second kappa shape index (κ2) is 10.9. The first-order chi connectivity index (χ1) is 16.9. The van der Waals surface area contributed by atoms with Gasteiger partial charge in [-0.1, -0.05) is 43.5 Å². The highest BCUT2D eigenvalue weighted by Crippen LogP contribution is 2.29. The van der Waals surface area contributed by atoms with Crippen LogP contribution in [0.1, 0.15) is 64.1 Å². The lowest BCUT2D eigenvalue weighted by atomic mass is 9.80. The van der Waals surface area contributed by atoms with E-state index < -0.39 is 40.6 Å². The number of hydrogen-bond donors (Lipinski definition) is 3. The Morgan fingerprint density at radius 2 is 1.83 bits per heavy atom. The Labute approximate surface area is 210 Å². The Hall–Kier alpha value is -3.67. The lowest BCUT2D eigenvalue weighted by Gasteiger charge is -2.37. The third-order valence-electron chi connectivity index (χ3n) is 6.24. The number of benzene rings is 1. The average molecular weight is 497 g/mol. The first-order valence-corrected chi connectivity index (χ1v) is 12.1. The molecule has 1 aromatic heterocycles. The van der Waals surface area contributed by atoms with Gasteiger partial charge in [-0.25, -0.2) is 9.18 Å². The Bertz CT molecular complexity index is 1200. The van der Waals surface area contributed by atoms with Crippen LogP contribution >= 0.6 is 0 Å². The summed E-state index contributed by atoms with van der Waals surface area (Å²) in [5.74, 6) is -1.25. The molecule has 192 valence electrons. The number of pyridine rings is 1. The summed E-state index contributed by atoms with van der Waals surface area (Å²) >= 11 is 0. The first kappa shape index (κ1) is 26.9. The maximum absolute atomic E-state index is 13.8. The number of ether oxygens (including phenoxy) is 1. The molecule has 8 nitrogen and oxygen atoms in total. The quantitative estimate of drug-likeness (QED) is 0.551. The van der Waals surface area contributed by atoms with E-state index in [0.29, 0.717) is 29.7 Å². The van der Waals surface area contributed by atoms with Crippen LogP contribution in [0.4, 0.5) is 9.18 Å². The summed E-state index contributed by atoms with van der Waals surface area (Å²) < 4.78 is 19.1. The predicted molar refractivity (Wildman–Crippen MR) is 134 cm³/mol. The van der Waals surface area contributed by atoms with Crippen LogP contribution in [0.5, 0.6) is 0 Å². The van der Waals surface area contributed by atoms with Crippen molar-refractivity contribution in [3.05, 3.63) is 57.8 Å². The molecule has 0 saturated heterocycles. The number of nitriles is 1. The second-order valence-electron chi connectivity index (χ2n) is 10.3. The van der Waals surface area contributed by atoms with Crippen LogP contribution in [0.3, 0.4) is 0 Å². The van der Waals surface area contributed by atoms with Crippen LogP contribution in [-0.2, 0) is 16.0 Å². The molecule has 0 aliphatic heterocycles. The molecule has 1 aromatic carbocycles. The molecule has 9 heteroatoms. The van der Waals surface area contributed by atoms with Crippen LogP contribution in [0, 0.1) is 24.1 Å². The maximum atomic E-state index is 13.8. The third kappa shape index (κ3) is 6.72. The topological polar surface area (TPSA) is 124 Å². The van der Waals surface area contributed by atoms with E-state index in [1.165, 1.54) is 6.07 Å². The Kier molecular flexibility index (Phi) is 8.18. The number of aryl methyl sites for hydroxylation is 1. The molecule has 3 N–H and O–H groups in total. The van der Waals surface area contributed by atoms with Crippen molar-refractivity contribution in [2.75, 3.05) is 0 Å². The molecule has 0 spiro atoms. The van der Waals surface area contributed by atoms with Crippen molar-refractivity contribution in [2.24, 2.45) is 0 Å². The van der Waals surface area contributed by atoms with E-state index in [1.54, 1.807) is 52.0 Å². The van der Waals surface area contributed by atoms with Crippen LogP contribution in [0.25, 0.3) is 11.1 Å². The van der Waals surface area contributed by atoms with Gasteiger partial charge in [0.2, 0.25) is 5.91 Å². The number of amides is 2. The summed E-state index contributed by atoms with van der Waals surface area (Å²) in [5.41, 5.74) is 0.0421. The zero-order chi connectivity index (χ0) is 26.5. The number of halogens is 1. The number of carbonyl (C=O) groups is 2. The minimum atomic E-state index is -1.12. The monoisotopic (exact) mass is 496 g/mol. The van der Waals surface area contributed by atoms with Gasteiger partial charge in [0.25, 0.3) is 5.56 Å². The molecule has 1 aliphatic rings. The highest BCUT2D eigenvalue weighted by molar-refractivity contribution is 5.90. The van der Waals surface area contributed by atoms with Crippen molar-refractivity contribution in [2.45, 2.75) is 83.4 Å². The molecule has 1 aliphatic carbocycles. The molecule has 2 aromatic rings. The van der Waals surface area contributed by atoms with Gasteiger partial charge in [-0.3, -0.25) is 9.59 Å². The normalized spacial score (nSPS) is 15.9. The Morgan fingerprint density at radius 3 is 2.42 bits per heavy atom. The zero-order valence-electron chi connectivity index (χ0n) is 21.2. The number of H-pyrrole nitrogens is 1. The van der Waals surface area contributed by atoms with E-state index >= 15 is 0 Å². The maximum Gasteiger partial charge on any atom is 0.408 e. The lowest BCUT2D eigenvalue weighted by molar-refractivity contribution is -0.129. The standard InChI is InChI=1S/C27H33FN4O4/c1-17-21(15-22(28)23(33)30-17)19-10-8-18(9-11-19)14-20(16-29)31-24(34)27(12-6-5-7-13-27)32-25(35)36-26(2,3)4/h8-11,15,20H,5-7,12-14H2,1-4H3,(H,30,33)(H,31,34)(H,32,35)/t20-/m0/s1. The van der Waals surface area contributed by atoms with Gasteiger partial charge in [0.05, 0.1) is 6.07 Å². The molecular weight excluding hydrogens is 463 g/mol. The number of hydrogen-bond acceptors (Lipinski definition) is 5. The van der Waals surface area contributed by atoms with Crippen LogP contribution in [0.2, 0.25) is 0 Å². The average Bonchev–Trinajstić information content (AvgIpc) is 2.80. The molecular formula is C27H33FN4O4. The fourth-order valence-corrected chi connectivity index (χ4v) is 4.44. The summed E-state index contributed by atoms with van der Waals surface area (Å²) in [6.07, 6.45) is 3.08. The van der Waals surface area contributed by atoms with E-state index in [0.717, 1.165) is 24.8 Å². The second-order valence-corrected chi connectivity index (χ2v) is 10.3. The minimum Gasteiger partial charge on any atom is -0.444 e. The van der Waals surface area contributed by atoms with Gasteiger partial charge >= 0.3 is 6.09 Å². The molecule has 0 radical (unpaired) electrons. The Morgan fingerprint density at radius 1 is 1.19 bits per heavy atom. The SMILES string of the molecule is Cc1[nH]c(=O)c(F)cc1-c1ccc(C[C@@H](C#N)NC(=O)C2(NC(=O)OC(C)(C)C)CCCCC2)cc1. The highest BCUT2D eigenvalue weighted by atomic mass is 19.1. The molecule has 1 atom stereocenters. The van der Waals surface area contributed by atoms with Crippen molar-refractivity contribution >= 4 is 12.0 Å². The molecule has 2 amide bonds. The molecule has 1 fully saturated rings. The highest BCUT2D eigenvalue weighted by Gasteiger charge is 2.42. The summed E-state index contributed by atoms with van der Waals surface area (Å²) in [7, 11) is 0. The van der Waals surface area contributed by atoms with E-state index in [4.69, 9.17) is 4.74 Å². The van der Waals surface area contributed by atoms with Crippen LogP contribution in [0.15, 0.2) is 35.1 Å². The van der Waals surface area contributed by atoms with E-state index in [-0.39, 0.29) is 6.42 Å². The number of alkyl carbamates (subject to hydrolysis) is 1. The largest absolute Gasteiger partial charge is 0.444 e. The van der Waals surface area contributed by atoms with Crippen molar-refractivity contribution in [3.63, 3.8) is 0 Å². The molecule has 1 saturated carbocycles. The van der Waals surface area contributed by atoms with Gasteiger partial charge in [-0.15, -0.1) is 0 Å². The van der Waals surface area contributed by atoms with Gasteiger partial charge in [0, 0.05) is 17.7 Å². The number of nitrogens with one attached hydrogen (secondary N) is 3. The molecule has 0 bridgehead atoms. The van der Waals surface area contributed by atoms with Gasteiger partial charge < -0.3 is 20.4 Å². The van der Waals surface area contributed by atoms with Crippen LogP contribution < -0.4 is 16.2 Å². The summed E-state index contributed by atoms with van der Waals surface area (Å²) in [6.45, 7) is 6.96. The van der Waals surface area contributed by atoms with Gasteiger partial charge in [-0.2, -0.15) is 5.26 Å². The number of aromatic nitrogens is 1. The first-order valence-electron chi connectivity index (χ1n) is 12.1. The van der Waals surface area contributed by atoms with E-state index in [2.05, 4.69) is 21.7 Å². The minimum absolute atomic E-state index is 0.254. The van der Waals surface area contributed by atoms with Crippen molar-refractivity contribution in [1.29, 1.82) is 5.26 Å². The van der Waals surface area contributed by atoms with E-state index in [1.807, 2.05) is 0 Å². The number of rotatable bonds is 6. The summed E-state index contributed by atoms with van der Waals surface area (Å²) in [6, 6.07) is 9.66. The number of carbonyl (C=O) groups excluding carboxylic acids is 2.